The first-order chi connectivity index (χ1) is 10.8. The Bertz CT molecular complexity index is 593. The van der Waals surface area contributed by atoms with Crippen molar-refractivity contribution in [2.75, 3.05) is 7.11 Å². The minimum absolute atomic E-state index is 0.00909. The third-order valence-electron chi connectivity index (χ3n) is 3.36. The number of methoxy groups -OCH3 is 1. The van der Waals surface area contributed by atoms with E-state index < -0.39 is 6.09 Å². The van der Waals surface area contributed by atoms with Crippen LogP contribution in [0.2, 0.25) is 0 Å². The maximum Gasteiger partial charge on any atom is 0.407 e. The van der Waals surface area contributed by atoms with Crippen LogP contribution in [-0.2, 0) is 11.2 Å². The summed E-state index contributed by atoms with van der Waals surface area (Å²) in [5.41, 5.74) is 2.34. The summed E-state index contributed by atoms with van der Waals surface area (Å²) < 4.78 is 4.71. The Kier molecular flexibility index (Phi) is 6.24. The summed E-state index contributed by atoms with van der Waals surface area (Å²) in [5, 5.41) is 2.89. The highest BCUT2D eigenvalue weighted by atomic mass is 16.5. The topological polar surface area (TPSA) is 38.3 Å². The van der Waals surface area contributed by atoms with Crippen molar-refractivity contribution in [3.05, 3.63) is 77.9 Å². The number of rotatable bonds is 6. The highest BCUT2D eigenvalue weighted by molar-refractivity contribution is 5.67. The molecular weight excluding hydrogens is 274 g/mol. The van der Waals surface area contributed by atoms with Gasteiger partial charge in [-0.25, -0.2) is 4.79 Å². The summed E-state index contributed by atoms with van der Waals surface area (Å²) in [6.45, 7) is 0. The lowest BCUT2D eigenvalue weighted by molar-refractivity contribution is 0.166. The van der Waals surface area contributed by atoms with Gasteiger partial charge in [0, 0.05) is 6.04 Å². The van der Waals surface area contributed by atoms with E-state index in [1.165, 1.54) is 12.7 Å². The zero-order chi connectivity index (χ0) is 15.6. The molecular formula is C19H21NO2. The van der Waals surface area contributed by atoms with Crippen molar-refractivity contribution in [3.63, 3.8) is 0 Å². The molecule has 0 aliphatic carbocycles. The van der Waals surface area contributed by atoms with E-state index in [-0.39, 0.29) is 6.04 Å². The fourth-order valence-electron chi connectivity index (χ4n) is 2.25. The van der Waals surface area contributed by atoms with Gasteiger partial charge in [0.2, 0.25) is 0 Å². The largest absolute Gasteiger partial charge is 0.453 e. The minimum Gasteiger partial charge on any atom is -0.453 e. The molecule has 0 spiro atoms. The minimum atomic E-state index is -0.394. The number of alkyl carbamates (subject to hydrolysis) is 1. The predicted molar refractivity (Wildman–Crippen MR) is 89.6 cm³/mol. The molecule has 0 aliphatic heterocycles. The third kappa shape index (κ3) is 5.44. The second kappa shape index (κ2) is 8.67. The first-order valence-corrected chi connectivity index (χ1v) is 7.38. The maximum absolute atomic E-state index is 11.5. The average molecular weight is 295 g/mol. The van der Waals surface area contributed by atoms with Gasteiger partial charge in [0.25, 0.3) is 0 Å². The molecule has 114 valence electrons. The van der Waals surface area contributed by atoms with E-state index in [1.807, 2.05) is 36.4 Å². The van der Waals surface area contributed by atoms with Crippen LogP contribution in [-0.4, -0.2) is 19.2 Å². The number of hydrogen-bond acceptors (Lipinski definition) is 2. The number of hydrogen-bond donors (Lipinski definition) is 1. The summed E-state index contributed by atoms with van der Waals surface area (Å²) in [4.78, 5) is 11.5. The molecule has 0 bridgehead atoms. The maximum atomic E-state index is 11.5. The standard InChI is InChI=1S/C19H21NO2/c1-22-19(21)20-18(15-17-11-6-3-7-12-17)14-8-13-16-9-4-2-5-10-16/h2-13,18H,14-15H2,1H3,(H,20,21)/b13-8+/t18-/m1/s1. The van der Waals surface area contributed by atoms with Crippen LogP contribution >= 0.6 is 0 Å². The van der Waals surface area contributed by atoms with Gasteiger partial charge >= 0.3 is 6.09 Å². The van der Waals surface area contributed by atoms with Gasteiger partial charge in [-0.05, 0) is 24.0 Å². The molecule has 0 unspecified atom stereocenters. The number of carbonyl (C=O) groups excluding carboxylic acids is 1. The van der Waals surface area contributed by atoms with Gasteiger partial charge in [-0.15, -0.1) is 0 Å². The molecule has 0 aromatic heterocycles. The second-order valence-electron chi connectivity index (χ2n) is 5.07. The molecule has 0 fully saturated rings. The summed E-state index contributed by atoms with van der Waals surface area (Å²) in [6.07, 6.45) is 5.28. The molecule has 0 aliphatic rings. The zero-order valence-corrected chi connectivity index (χ0v) is 12.7. The van der Waals surface area contributed by atoms with Gasteiger partial charge in [-0.3, -0.25) is 0 Å². The fraction of sp³-hybridized carbons (Fsp3) is 0.211. The molecule has 3 heteroatoms. The number of ether oxygens (including phenoxy) is 1. The summed E-state index contributed by atoms with van der Waals surface area (Å²) in [7, 11) is 1.38. The van der Waals surface area contributed by atoms with E-state index in [1.54, 1.807) is 0 Å². The van der Waals surface area contributed by atoms with Crippen LogP contribution in [0.25, 0.3) is 6.08 Å². The summed E-state index contributed by atoms with van der Waals surface area (Å²) >= 11 is 0. The number of carbonyl (C=O) groups is 1. The lowest BCUT2D eigenvalue weighted by atomic mass is 10.0. The van der Waals surface area contributed by atoms with E-state index >= 15 is 0 Å². The van der Waals surface area contributed by atoms with Crippen molar-refractivity contribution in [1.82, 2.24) is 5.32 Å². The highest BCUT2D eigenvalue weighted by Crippen LogP contribution is 2.09. The van der Waals surface area contributed by atoms with Gasteiger partial charge in [0.05, 0.1) is 7.11 Å². The number of amides is 1. The molecule has 2 aromatic carbocycles. The van der Waals surface area contributed by atoms with Crippen LogP contribution in [0, 0.1) is 0 Å². The zero-order valence-electron chi connectivity index (χ0n) is 12.7. The van der Waals surface area contributed by atoms with Gasteiger partial charge in [-0.1, -0.05) is 72.8 Å². The third-order valence-corrected chi connectivity index (χ3v) is 3.36. The quantitative estimate of drug-likeness (QED) is 0.873. The van der Waals surface area contributed by atoms with E-state index in [4.69, 9.17) is 4.74 Å². The first kappa shape index (κ1) is 15.8. The summed E-state index contributed by atoms with van der Waals surface area (Å²) in [6, 6.07) is 20.2. The molecule has 2 rings (SSSR count). The van der Waals surface area contributed by atoms with Gasteiger partial charge in [0.1, 0.15) is 0 Å². The Labute approximate surface area is 131 Å². The lowest BCUT2D eigenvalue weighted by Crippen LogP contribution is -2.36. The van der Waals surface area contributed by atoms with Crippen molar-refractivity contribution in [2.45, 2.75) is 18.9 Å². The van der Waals surface area contributed by atoms with Crippen LogP contribution in [0.3, 0.4) is 0 Å². The fourth-order valence-corrected chi connectivity index (χ4v) is 2.25. The molecule has 2 aromatic rings. The van der Waals surface area contributed by atoms with Crippen LogP contribution in [0.5, 0.6) is 0 Å². The Balaban J connectivity index is 1.98. The Morgan fingerprint density at radius 3 is 2.36 bits per heavy atom. The van der Waals surface area contributed by atoms with Gasteiger partial charge in [0.15, 0.2) is 0 Å². The molecule has 1 N–H and O–H groups in total. The van der Waals surface area contributed by atoms with Crippen LogP contribution in [0.15, 0.2) is 66.7 Å². The average Bonchev–Trinajstić information content (AvgIpc) is 2.56. The van der Waals surface area contributed by atoms with Crippen LogP contribution < -0.4 is 5.32 Å². The molecule has 1 amide bonds. The second-order valence-corrected chi connectivity index (χ2v) is 5.07. The van der Waals surface area contributed by atoms with Crippen molar-refractivity contribution in [2.24, 2.45) is 0 Å². The monoisotopic (exact) mass is 295 g/mol. The molecule has 22 heavy (non-hydrogen) atoms. The first-order valence-electron chi connectivity index (χ1n) is 7.38. The predicted octanol–water partition coefficient (Wildman–Crippen LogP) is 4.06. The molecule has 0 radical (unpaired) electrons. The SMILES string of the molecule is COC(=O)N[C@H](C/C=C/c1ccccc1)Cc1ccccc1. The number of benzene rings is 2. The highest BCUT2D eigenvalue weighted by Gasteiger charge is 2.11. The van der Waals surface area contributed by atoms with E-state index in [2.05, 4.69) is 41.7 Å². The molecule has 0 saturated carbocycles. The van der Waals surface area contributed by atoms with Crippen LogP contribution in [0.1, 0.15) is 17.5 Å². The Morgan fingerprint density at radius 2 is 1.73 bits per heavy atom. The number of nitrogens with one attached hydrogen (secondary N) is 1. The lowest BCUT2D eigenvalue weighted by Gasteiger charge is -2.16. The van der Waals surface area contributed by atoms with Gasteiger partial charge in [-0.2, -0.15) is 0 Å². The van der Waals surface area contributed by atoms with E-state index in [9.17, 15) is 4.79 Å². The smallest absolute Gasteiger partial charge is 0.407 e. The van der Waals surface area contributed by atoms with Crippen molar-refractivity contribution >= 4 is 12.2 Å². The molecule has 0 heterocycles. The van der Waals surface area contributed by atoms with Crippen molar-refractivity contribution in [1.29, 1.82) is 0 Å². The van der Waals surface area contributed by atoms with Crippen molar-refractivity contribution in [3.8, 4) is 0 Å². The molecule has 3 nitrogen and oxygen atoms in total. The Morgan fingerprint density at radius 1 is 1.09 bits per heavy atom. The van der Waals surface area contributed by atoms with Crippen molar-refractivity contribution < 1.29 is 9.53 Å². The summed E-state index contributed by atoms with van der Waals surface area (Å²) in [5.74, 6) is 0. The normalized spacial score (nSPS) is 12.0. The van der Waals surface area contributed by atoms with E-state index in [0.717, 1.165) is 18.4 Å². The van der Waals surface area contributed by atoms with E-state index in [0.29, 0.717) is 0 Å². The van der Waals surface area contributed by atoms with Gasteiger partial charge < -0.3 is 10.1 Å². The molecule has 0 saturated heterocycles. The molecule has 1 atom stereocenters. The van der Waals surface area contributed by atoms with Crippen LogP contribution in [0.4, 0.5) is 4.79 Å². The Hall–Kier alpha value is -2.55.